The van der Waals surface area contributed by atoms with E-state index in [9.17, 15) is 0 Å². The van der Waals surface area contributed by atoms with Gasteiger partial charge in [-0.15, -0.1) is 0 Å². The van der Waals surface area contributed by atoms with E-state index in [1.54, 1.807) is 0 Å². The minimum absolute atomic E-state index is 0.00100. The summed E-state index contributed by atoms with van der Waals surface area (Å²) < 4.78 is 4.83. The smallest absolute Gasteiger partial charge is 0.100 e. The van der Waals surface area contributed by atoms with Gasteiger partial charge >= 0.3 is 0 Å². The first kappa shape index (κ1) is 22.0. The number of aliphatic hydroxyl groups excluding tert-OH is 7. The van der Waals surface area contributed by atoms with Gasteiger partial charge in [0.05, 0.1) is 38.6 Å². The third-order valence-corrected chi connectivity index (χ3v) is 2.20. The number of ether oxygens (including phenoxy) is 1. The van der Waals surface area contributed by atoms with Crippen LogP contribution in [0.4, 0.5) is 0 Å². The molecule has 0 aromatic rings. The molecule has 8 nitrogen and oxygen atoms in total. The third kappa shape index (κ3) is 17.7. The third-order valence-electron chi connectivity index (χ3n) is 2.20. The molecule has 0 aromatic heterocycles. The first-order valence-electron chi connectivity index (χ1n) is 6.57. The van der Waals surface area contributed by atoms with Crippen molar-refractivity contribution in [2.24, 2.45) is 0 Å². The van der Waals surface area contributed by atoms with Gasteiger partial charge in [-0.2, -0.15) is 0 Å². The lowest BCUT2D eigenvalue weighted by molar-refractivity contribution is -0.0286. The predicted octanol–water partition coefficient (Wildman–Crippen LogP) is -2.79. The Bertz CT molecular complexity index is 181. The summed E-state index contributed by atoms with van der Waals surface area (Å²) in [6.07, 6.45) is -0.960. The Morgan fingerprint density at radius 1 is 0.650 bits per heavy atom. The SMILES string of the molecule is OCCC(O)COCC(O)CO.OCCCC(O)CO. The van der Waals surface area contributed by atoms with Crippen LogP contribution in [0.3, 0.4) is 0 Å². The fourth-order valence-electron chi connectivity index (χ4n) is 1.04. The number of aliphatic hydroxyl groups is 7. The van der Waals surface area contributed by atoms with Crippen LogP contribution in [0.5, 0.6) is 0 Å². The standard InChI is InChI=1S/C7H16O5.C5H12O3/c8-2-1-6(10)4-12-5-7(11)3-9;6-3-1-2-5(8)4-7/h6-11H,1-5H2;5-8H,1-4H2. The molecular formula is C12H28O8. The summed E-state index contributed by atoms with van der Waals surface area (Å²) in [7, 11) is 0. The molecule has 0 amide bonds. The number of rotatable bonds is 11. The summed E-state index contributed by atoms with van der Waals surface area (Å²) in [6, 6.07) is 0. The molecule has 8 heteroatoms. The molecule has 0 spiro atoms. The quantitative estimate of drug-likeness (QED) is 0.216. The molecule has 0 bridgehead atoms. The first-order valence-corrected chi connectivity index (χ1v) is 6.57. The van der Waals surface area contributed by atoms with Gasteiger partial charge in [0.25, 0.3) is 0 Å². The van der Waals surface area contributed by atoms with Crippen molar-refractivity contribution in [2.45, 2.75) is 37.6 Å². The Morgan fingerprint density at radius 2 is 1.20 bits per heavy atom. The van der Waals surface area contributed by atoms with E-state index in [0.29, 0.717) is 12.8 Å². The first-order chi connectivity index (χ1) is 9.51. The summed E-state index contributed by atoms with van der Waals surface area (Å²) in [5, 5.41) is 59.6. The van der Waals surface area contributed by atoms with E-state index < -0.39 is 18.3 Å². The van der Waals surface area contributed by atoms with Gasteiger partial charge in [-0.05, 0) is 19.3 Å². The van der Waals surface area contributed by atoms with Gasteiger partial charge in [0.15, 0.2) is 0 Å². The van der Waals surface area contributed by atoms with Gasteiger partial charge in [-0.3, -0.25) is 0 Å². The van der Waals surface area contributed by atoms with Crippen molar-refractivity contribution in [3.8, 4) is 0 Å². The van der Waals surface area contributed by atoms with E-state index in [1.807, 2.05) is 0 Å². The second-order valence-corrected chi connectivity index (χ2v) is 4.24. The lowest BCUT2D eigenvalue weighted by atomic mass is 10.2. The molecule has 20 heavy (non-hydrogen) atoms. The summed E-state index contributed by atoms with van der Waals surface area (Å²) in [4.78, 5) is 0. The monoisotopic (exact) mass is 300 g/mol. The number of hydrogen-bond donors (Lipinski definition) is 7. The largest absolute Gasteiger partial charge is 0.396 e. The molecule has 0 aliphatic carbocycles. The van der Waals surface area contributed by atoms with Crippen LogP contribution in [0.15, 0.2) is 0 Å². The Kier molecular flexibility index (Phi) is 18.4. The average molecular weight is 300 g/mol. The van der Waals surface area contributed by atoms with Crippen molar-refractivity contribution in [1.82, 2.24) is 0 Å². The van der Waals surface area contributed by atoms with Gasteiger partial charge in [-0.25, -0.2) is 0 Å². The minimum Gasteiger partial charge on any atom is -0.396 e. The number of hydrogen-bond acceptors (Lipinski definition) is 8. The molecule has 0 heterocycles. The van der Waals surface area contributed by atoms with Gasteiger partial charge in [0, 0.05) is 13.2 Å². The summed E-state index contributed by atoms with van der Waals surface area (Å²) >= 11 is 0. The predicted molar refractivity (Wildman–Crippen MR) is 71.0 cm³/mol. The van der Waals surface area contributed by atoms with E-state index in [-0.39, 0.29) is 46.1 Å². The second-order valence-electron chi connectivity index (χ2n) is 4.24. The summed E-state index contributed by atoms with van der Waals surface area (Å²) in [5.41, 5.74) is 0. The van der Waals surface area contributed by atoms with Gasteiger partial charge in [0.2, 0.25) is 0 Å². The van der Waals surface area contributed by atoms with Gasteiger partial charge in [0.1, 0.15) is 6.10 Å². The Morgan fingerprint density at radius 3 is 1.65 bits per heavy atom. The molecule has 0 fully saturated rings. The van der Waals surface area contributed by atoms with Crippen LogP contribution in [0.1, 0.15) is 19.3 Å². The molecule has 7 N–H and O–H groups in total. The second kappa shape index (κ2) is 16.7. The molecule has 3 atom stereocenters. The van der Waals surface area contributed by atoms with Crippen LogP contribution in [0.25, 0.3) is 0 Å². The fourth-order valence-corrected chi connectivity index (χ4v) is 1.04. The highest BCUT2D eigenvalue weighted by molar-refractivity contribution is 4.54. The Balaban J connectivity index is 0. The summed E-state index contributed by atoms with van der Waals surface area (Å²) in [5.74, 6) is 0. The van der Waals surface area contributed by atoms with Crippen molar-refractivity contribution < 1.29 is 40.5 Å². The molecule has 3 unspecified atom stereocenters. The lowest BCUT2D eigenvalue weighted by Crippen LogP contribution is -2.24. The van der Waals surface area contributed by atoms with Crippen LogP contribution in [0.2, 0.25) is 0 Å². The van der Waals surface area contributed by atoms with Crippen molar-refractivity contribution in [1.29, 1.82) is 0 Å². The zero-order valence-corrected chi connectivity index (χ0v) is 11.6. The van der Waals surface area contributed by atoms with Crippen molar-refractivity contribution in [3.63, 3.8) is 0 Å². The van der Waals surface area contributed by atoms with E-state index >= 15 is 0 Å². The molecule has 124 valence electrons. The van der Waals surface area contributed by atoms with Crippen LogP contribution in [-0.4, -0.2) is 93.7 Å². The lowest BCUT2D eigenvalue weighted by Gasteiger charge is -2.11. The van der Waals surface area contributed by atoms with Gasteiger partial charge < -0.3 is 40.5 Å². The minimum atomic E-state index is -0.897. The van der Waals surface area contributed by atoms with Crippen LogP contribution >= 0.6 is 0 Å². The van der Waals surface area contributed by atoms with Crippen molar-refractivity contribution >= 4 is 0 Å². The Labute approximate surface area is 118 Å². The molecule has 0 saturated heterocycles. The Hall–Kier alpha value is -0.320. The maximum Gasteiger partial charge on any atom is 0.100 e. The van der Waals surface area contributed by atoms with E-state index in [4.69, 9.17) is 40.5 Å². The topological polar surface area (TPSA) is 151 Å². The van der Waals surface area contributed by atoms with Crippen molar-refractivity contribution in [3.05, 3.63) is 0 Å². The van der Waals surface area contributed by atoms with Crippen molar-refractivity contribution in [2.75, 3.05) is 39.6 Å². The maximum absolute atomic E-state index is 9.01. The molecule has 0 aromatic carbocycles. The van der Waals surface area contributed by atoms with Crippen LogP contribution < -0.4 is 0 Å². The zero-order valence-electron chi connectivity index (χ0n) is 11.6. The van der Waals surface area contributed by atoms with E-state index in [2.05, 4.69) is 0 Å². The van der Waals surface area contributed by atoms with E-state index in [0.717, 1.165) is 0 Å². The van der Waals surface area contributed by atoms with E-state index in [1.165, 1.54) is 0 Å². The highest BCUT2D eigenvalue weighted by Crippen LogP contribution is 1.93. The molecular weight excluding hydrogens is 272 g/mol. The molecule has 0 aliphatic heterocycles. The van der Waals surface area contributed by atoms with Crippen LogP contribution in [-0.2, 0) is 4.74 Å². The molecule has 0 radical (unpaired) electrons. The van der Waals surface area contributed by atoms with Crippen LogP contribution in [0, 0.1) is 0 Å². The zero-order chi connectivity index (χ0) is 15.8. The highest BCUT2D eigenvalue weighted by Gasteiger charge is 2.05. The average Bonchev–Trinajstić information content (AvgIpc) is 2.45. The molecule has 0 aliphatic rings. The summed E-state index contributed by atoms with van der Waals surface area (Å²) in [6.45, 7) is -0.503. The highest BCUT2D eigenvalue weighted by atomic mass is 16.5. The molecule has 0 saturated carbocycles. The normalized spacial score (nSPS) is 15.2. The maximum atomic E-state index is 9.01. The molecule has 0 rings (SSSR count). The fraction of sp³-hybridized carbons (Fsp3) is 1.00. The van der Waals surface area contributed by atoms with Gasteiger partial charge in [-0.1, -0.05) is 0 Å².